The van der Waals surface area contributed by atoms with Crippen molar-refractivity contribution in [2.45, 2.75) is 0 Å². The van der Waals surface area contributed by atoms with E-state index in [0.29, 0.717) is 10.7 Å². The number of aromatic nitrogens is 1. The fourth-order valence-corrected chi connectivity index (χ4v) is 3.32. The summed E-state index contributed by atoms with van der Waals surface area (Å²) in [4.78, 5) is 16.3. The van der Waals surface area contributed by atoms with Gasteiger partial charge in [-0.3, -0.25) is 10.1 Å². The van der Waals surface area contributed by atoms with E-state index in [1.165, 1.54) is 11.3 Å². The number of nitrogens with one attached hydrogen (secondary N) is 1. The fourth-order valence-electron chi connectivity index (χ4n) is 1.84. The number of hydrogen-bond donors (Lipinski definition) is 1. The molecule has 3 aromatic rings. The van der Waals surface area contributed by atoms with E-state index in [4.69, 9.17) is 0 Å². The summed E-state index contributed by atoms with van der Waals surface area (Å²) in [5.41, 5.74) is 0.617. The van der Waals surface area contributed by atoms with Gasteiger partial charge in [-0.05, 0) is 51.0 Å². The third-order valence-electron chi connectivity index (χ3n) is 2.76. The quantitative estimate of drug-likeness (QED) is 0.639. The summed E-state index contributed by atoms with van der Waals surface area (Å²) in [6.07, 6.45) is 1.66. The highest BCUT2D eigenvalue weighted by molar-refractivity contribution is 9.11. The number of anilines is 1. The molecule has 0 unspecified atom stereocenters. The van der Waals surface area contributed by atoms with E-state index in [0.717, 1.165) is 19.0 Å². The molecule has 0 radical (unpaired) electrons. The highest BCUT2D eigenvalue weighted by Crippen LogP contribution is 2.25. The van der Waals surface area contributed by atoms with Gasteiger partial charge in [0.2, 0.25) is 0 Å². The number of hydrogen-bond acceptors (Lipinski definition) is 3. The molecule has 3 nitrogen and oxygen atoms in total. The smallest absolute Gasteiger partial charge is 0.257 e. The van der Waals surface area contributed by atoms with Crippen molar-refractivity contribution in [1.29, 1.82) is 0 Å². The van der Waals surface area contributed by atoms with Crippen molar-refractivity contribution in [1.82, 2.24) is 4.98 Å². The second kappa shape index (κ2) is 5.63. The molecule has 0 bridgehead atoms. The van der Waals surface area contributed by atoms with Crippen LogP contribution < -0.4 is 5.32 Å². The van der Waals surface area contributed by atoms with E-state index < -0.39 is 0 Å². The van der Waals surface area contributed by atoms with E-state index in [1.54, 1.807) is 6.20 Å². The summed E-state index contributed by atoms with van der Waals surface area (Å²) in [6, 6.07) is 11.6. The van der Waals surface area contributed by atoms with Crippen molar-refractivity contribution in [2.24, 2.45) is 0 Å². The molecule has 1 amide bonds. The van der Waals surface area contributed by atoms with Gasteiger partial charge in [0.25, 0.3) is 5.91 Å². The van der Waals surface area contributed by atoms with Crippen molar-refractivity contribution >= 4 is 65.0 Å². The maximum absolute atomic E-state index is 12.2. The molecular formula is C14H8Br2N2OS. The molecule has 0 fully saturated rings. The lowest BCUT2D eigenvalue weighted by atomic mass is 10.1. The van der Waals surface area contributed by atoms with E-state index in [1.807, 2.05) is 36.4 Å². The van der Waals surface area contributed by atoms with Gasteiger partial charge in [0.15, 0.2) is 5.13 Å². The molecule has 0 saturated carbocycles. The predicted octanol–water partition coefficient (Wildman–Crippen LogP) is 5.07. The number of rotatable bonds is 2. The third kappa shape index (κ3) is 2.92. The van der Waals surface area contributed by atoms with Gasteiger partial charge in [0.05, 0.1) is 9.98 Å². The van der Waals surface area contributed by atoms with Gasteiger partial charge in [-0.1, -0.05) is 39.4 Å². The summed E-state index contributed by atoms with van der Waals surface area (Å²) < 4.78 is 1.91. The van der Waals surface area contributed by atoms with Crippen molar-refractivity contribution in [2.75, 3.05) is 5.32 Å². The first kappa shape index (κ1) is 13.7. The van der Waals surface area contributed by atoms with Crippen molar-refractivity contribution in [3.63, 3.8) is 0 Å². The molecule has 1 aromatic heterocycles. The number of fused-ring (bicyclic) bond motifs is 1. The predicted molar refractivity (Wildman–Crippen MR) is 89.4 cm³/mol. The Bertz CT molecular complexity index is 801. The van der Waals surface area contributed by atoms with Crippen LogP contribution in [0.15, 0.2) is 50.9 Å². The molecule has 3 rings (SSSR count). The monoisotopic (exact) mass is 410 g/mol. The van der Waals surface area contributed by atoms with E-state index in [2.05, 4.69) is 42.2 Å². The lowest BCUT2D eigenvalue weighted by molar-refractivity contribution is 0.102. The van der Waals surface area contributed by atoms with Crippen LogP contribution in [0.2, 0.25) is 0 Å². The molecule has 2 aromatic carbocycles. The highest BCUT2D eigenvalue weighted by Gasteiger charge is 2.09. The molecule has 0 aliphatic carbocycles. The first-order valence-electron chi connectivity index (χ1n) is 5.74. The zero-order valence-electron chi connectivity index (χ0n) is 10.1. The zero-order chi connectivity index (χ0) is 14.1. The Morgan fingerprint density at radius 2 is 1.85 bits per heavy atom. The van der Waals surface area contributed by atoms with Crippen molar-refractivity contribution < 1.29 is 4.79 Å². The van der Waals surface area contributed by atoms with Gasteiger partial charge < -0.3 is 0 Å². The average molecular weight is 412 g/mol. The molecule has 1 heterocycles. The second-order valence-electron chi connectivity index (χ2n) is 4.13. The van der Waals surface area contributed by atoms with Gasteiger partial charge in [-0.25, -0.2) is 4.98 Å². The van der Waals surface area contributed by atoms with Crippen LogP contribution in [0, 0.1) is 0 Å². The number of carbonyl (C=O) groups excluding carboxylic acids is 1. The van der Waals surface area contributed by atoms with Crippen LogP contribution in [0.4, 0.5) is 5.13 Å². The Labute approximate surface area is 136 Å². The second-order valence-corrected chi connectivity index (χ2v) is 7.46. The van der Waals surface area contributed by atoms with Gasteiger partial charge in [-0.15, -0.1) is 0 Å². The lowest BCUT2D eigenvalue weighted by Crippen LogP contribution is -2.11. The molecule has 100 valence electrons. The van der Waals surface area contributed by atoms with E-state index in [-0.39, 0.29) is 5.91 Å². The number of nitrogens with zero attached hydrogens (tertiary/aromatic N) is 1. The summed E-state index contributed by atoms with van der Waals surface area (Å²) in [7, 11) is 0. The van der Waals surface area contributed by atoms with Crippen LogP contribution >= 0.6 is 43.2 Å². The van der Waals surface area contributed by atoms with Gasteiger partial charge in [0.1, 0.15) is 0 Å². The van der Waals surface area contributed by atoms with E-state index >= 15 is 0 Å². The van der Waals surface area contributed by atoms with Crippen LogP contribution in [0.5, 0.6) is 0 Å². The summed E-state index contributed by atoms with van der Waals surface area (Å²) in [5, 5.41) is 5.49. The van der Waals surface area contributed by atoms with Crippen LogP contribution in [0.25, 0.3) is 10.8 Å². The lowest BCUT2D eigenvalue weighted by Gasteiger charge is -2.04. The van der Waals surface area contributed by atoms with Crippen molar-refractivity contribution in [3.05, 3.63) is 56.4 Å². The molecule has 0 aliphatic heterocycles. The Morgan fingerprint density at radius 3 is 2.60 bits per heavy atom. The molecule has 0 spiro atoms. The first-order valence-corrected chi connectivity index (χ1v) is 8.14. The standard InChI is InChI=1S/C14H8Br2N2OS/c15-11-4-3-8-5-10(2-1-9(8)6-11)13(19)18-14-17-7-12(16)20-14/h1-7H,(H,17,18,19). The Kier molecular flexibility index (Phi) is 3.87. The molecule has 6 heteroatoms. The minimum absolute atomic E-state index is 0.156. The minimum Gasteiger partial charge on any atom is -0.298 e. The van der Waals surface area contributed by atoms with Crippen LogP contribution in [-0.2, 0) is 0 Å². The number of amides is 1. The summed E-state index contributed by atoms with van der Waals surface area (Å²) in [5.74, 6) is -0.156. The van der Waals surface area contributed by atoms with Gasteiger partial charge in [-0.2, -0.15) is 0 Å². The Balaban J connectivity index is 1.89. The molecule has 0 saturated heterocycles. The van der Waals surface area contributed by atoms with E-state index in [9.17, 15) is 4.79 Å². The Morgan fingerprint density at radius 1 is 1.10 bits per heavy atom. The fraction of sp³-hybridized carbons (Fsp3) is 0. The van der Waals surface area contributed by atoms with Crippen LogP contribution in [0.1, 0.15) is 10.4 Å². The van der Waals surface area contributed by atoms with Crippen molar-refractivity contribution in [3.8, 4) is 0 Å². The minimum atomic E-state index is -0.156. The first-order chi connectivity index (χ1) is 9.61. The third-order valence-corrected chi connectivity index (χ3v) is 4.65. The SMILES string of the molecule is O=C(Nc1ncc(Br)s1)c1ccc2cc(Br)ccc2c1. The maximum Gasteiger partial charge on any atom is 0.257 e. The average Bonchev–Trinajstić information content (AvgIpc) is 2.83. The summed E-state index contributed by atoms with van der Waals surface area (Å²) in [6.45, 7) is 0. The van der Waals surface area contributed by atoms with Gasteiger partial charge >= 0.3 is 0 Å². The number of carbonyl (C=O) groups is 1. The zero-order valence-corrected chi connectivity index (χ0v) is 14.0. The molecule has 0 aliphatic rings. The number of benzene rings is 2. The largest absolute Gasteiger partial charge is 0.298 e. The normalized spacial score (nSPS) is 10.7. The Hall–Kier alpha value is -1.24. The molecule has 20 heavy (non-hydrogen) atoms. The van der Waals surface area contributed by atoms with Crippen LogP contribution in [0.3, 0.4) is 0 Å². The number of thiazole rings is 1. The van der Waals surface area contributed by atoms with Gasteiger partial charge in [0, 0.05) is 10.0 Å². The molecule has 1 N–H and O–H groups in total. The number of halogens is 2. The maximum atomic E-state index is 12.2. The van der Waals surface area contributed by atoms with Crippen LogP contribution in [-0.4, -0.2) is 10.9 Å². The molecular weight excluding hydrogens is 404 g/mol. The summed E-state index contributed by atoms with van der Waals surface area (Å²) >= 11 is 8.14. The molecule has 0 atom stereocenters. The highest BCUT2D eigenvalue weighted by atomic mass is 79.9. The topological polar surface area (TPSA) is 42.0 Å².